The van der Waals surface area contributed by atoms with Gasteiger partial charge in [-0.1, -0.05) is 51.1 Å². The number of amides is 1. The molecular formula is C20H26N2O. The molecule has 0 radical (unpaired) electrons. The lowest BCUT2D eigenvalue weighted by Gasteiger charge is -2.23. The Morgan fingerprint density at radius 3 is 2.39 bits per heavy atom. The van der Waals surface area contributed by atoms with Gasteiger partial charge in [0.1, 0.15) is 0 Å². The molecule has 2 rings (SSSR count). The highest BCUT2D eigenvalue weighted by Crippen LogP contribution is 2.29. The van der Waals surface area contributed by atoms with E-state index < -0.39 is 0 Å². The molecule has 2 aromatic carbocycles. The maximum atomic E-state index is 12.3. The van der Waals surface area contributed by atoms with Crippen molar-refractivity contribution in [1.82, 2.24) is 0 Å². The fourth-order valence-electron chi connectivity index (χ4n) is 2.54. The minimum atomic E-state index is -0.0393. The second-order valence-corrected chi connectivity index (χ2v) is 7.02. The van der Waals surface area contributed by atoms with Gasteiger partial charge in [-0.05, 0) is 48.1 Å². The first kappa shape index (κ1) is 17.1. The number of carbonyl (C=O) groups excluding carboxylic acids is 1. The molecule has 0 fully saturated rings. The molecule has 0 atom stereocenters. The lowest BCUT2D eigenvalue weighted by molar-refractivity contribution is -0.114. The fraction of sp³-hybridized carbons (Fsp3) is 0.350. The summed E-state index contributed by atoms with van der Waals surface area (Å²) in [5.41, 5.74) is 5.33. The Hall–Kier alpha value is -2.29. The first-order chi connectivity index (χ1) is 10.8. The van der Waals surface area contributed by atoms with Crippen LogP contribution in [-0.2, 0) is 10.2 Å². The van der Waals surface area contributed by atoms with E-state index in [1.54, 1.807) is 0 Å². The van der Waals surface area contributed by atoms with Crippen molar-refractivity contribution in [3.05, 3.63) is 59.2 Å². The van der Waals surface area contributed by atoms with Gasteiger partial charge in [0.05, 0.1) is 6.54 Å². The van der Waals surface area contributed by atoms with Crippen LogP contribution >= 0.6 is 0 Å². The predicted octanol–water partition coefficient (Wildman–Crippen LogP) is 4.65. The second kappa shape index (κ2) is 6.86. The quantitative estimate of drug-likeness (QED) is 0.863. The van der Waals surface area contributed by atoms with Crippen LogP contribution < -0.4 is 10.6 Å². The van der Waals surface area contributed by atoms with Gasteiger partial charge in [-0.25, -0.2) is 0 Å². The van der Waals surface area contributed by atoms with Crippen LogP contribution in [0.2, 0.25) is 0 Å². The SMILES string of the molecule is Cc1ccc(C)c(NCC(=O)Nc2ccccc2C(C)(C)C)c1. The van der Waals surface area contributed by atoms with Crippen molar-refractivity contribution < 1.29 is 4.79 Å². The number of benzene rings is 2. The molecule has 122 valence electrons. The molecule has 0 aliphatic carbocycles. The molecule has 3 heteroatoms. The summed E-state index contributed by atoms with van der Waals surface area (Å²) in [5, 5.41) is 6.24. The molecule has 0 saturated heterocycles. The maximum absolute atomic E-state index is 12.3. The Balaban J connectivity index is 2.05. The molecular weight excluding hydrogens is 284 g/mol. The Kier molecular flexibility index (Phi) is 5.09. The number of hydrogen-bond donors (Lipinski definition) is 2. The standard InChI is InChI=1S/C20H26N2O/c1-14-10-11-15(2)18(12-14)21-13-19(23)22-17-9-7-6-8-16(17)20(3,4)5/h6-12,21H,13H2,1-5H3,(H,22,23). The van der Waals surface area contributed by atoms with E-state index in [9.17, 15) is 4.79 Å². The summed E-state index contributed by atoms with van der Waals surface area (Å²) >= 11 is 0. The zero-order valence-electron chi connectivity index (χ0n) is 14.7. The van der Waals surface area contributed by atoms with Gasteiger partial charge < -0.3 is 10.6 Å². The van der Waals surface area contributed by atoms with E-state index in [1.807, 2.05) is 32.0 Å². The maximum Gasteiger partial charge on any atom is 0.243 e. The summed E-state index contributed by atoms with van der Waals surface area (Å²) in [7, 11) is 0. The molecule has 0 aliphatic rings. The third-order valence-electron chi connectivity index (χ3n) is 3.84. The average Bonchev–Trinajstić information content (AvgIpc) is 2.47. The summed E-state index contributed by atoms with van der Waals surface area (Å²) in [6, 6.07) is 14.2. The molecule has 0 spiro atoms. The van der Waals surface area contributed by atoms with Crippen molar-refractivity contribution in [1.29, 1.82) is 0 Å². The molecule has 3 nitrogen and oxygen atoms in total. The monoisotopic (exact) mass is 310 g/mol. The van der Waals surface area contributed by atoms with Crippen molar-refractivity contribution in [2.75, 3.05) is 17.2 Å². The van der Waals surface area contributed by atoms with Crippen molar-refractivity contribution in [2.45, 2.75) is 40.0 Å². The Morgan fingerprint density at radius 1 is 1.00 bits per heavy atom. The van der Waals surface area contributed by atoms with Gasteiger partial charge in [-0.2, -0.15) is 0 Å². The molecule has 0 unspecified atom stereocenters. The van der Waals surface area contributed by atoms with Crippen LogP contribution in [0.25, 0.3) is 0 Å². The van der Waals surface area contributed by atoms with Gasteiger partial charge in [0.15, 0.2) is 0 Å². The topological polar surface area (TPSA) is 41.1 Å². The molecule has 0 heterocycles. The highest BCUT2D eigenvalue weighted by Gasteiger charge is 2.18. The Bertz CT molecular complexity index is 699. The molecule has 0 saturated carbocycles. The molecule has 23 heavy (non-hydrogen) atoms. The van der Waals surface area contributed by atoms with Crippen LogP contribution in [0, 0.1) is 13.8 Å². The van der Waals surface area contributed by atoms with E-state index >= 15 is 0 Å². The normalized spacial score (nSPS) is 11.2. The molecule has 2 aromatic rings. The van der Waals surface area contributed by atoms with Gasteiger partial charge in [-0.3, -0.25) is 4.79 Å². The third kappa shape index (κ3) is 4.59. The summed E-state index contributed by atoms with van der Waals surface area (Å²) in [5.74, 6) is -0.0393. The molecule has 2 N–H and O–H groups in total. The van der Waals surface area contributed by atoms with E-state index in [4.69, 9.17) is 0 Å². The summed E-state index contributed by atoms with van der Waals surface area (Å²) in [6.07, 6.45) is 0. The highest BCUT2D eigenvalue weighted by atomic mass is 16.1. The molecule has 0 aliphatic heterocycles. The number of aryl methyl sites for hydroxylation is 2. The largest absolute Gasteiger partial charge is 0.376 e. The summed E-state index contributed by atoms with van der Waals surface area (Å²) in [6.45, 7) is 10.8. The minimum Gasteiger partial charge on any atom is -0.376 e. The van der Waals surface area contributed by atoms with Crippen molar-refractivity contribution in [2.24, 2.45) is 0 Å². The average molecular weight is 310 g/mol. The summed E-state index contributed by atoms with van der Waals surface area (Å²) in [4.78, 5) is 12.3. The van der Waals surface area contributed by atoms with Crippen molar-refractivity contribution in [3.8, 4) is 0 Å². The van der Waals surface area contributed by atoms with Crippen LogP contribution in [0.5, 0.6) is 0 Å². The second-order valence-electron chi connectivity index (χ2n) is 7.02. The number of hydrogen-bond acceptors (Lipinski definition) is 2. The lowest BCUT2D eigenvalue weighted by Crippen LogP contribution is -2.24. The van der Waals surface area contributed by atoms with Crippen LogP contribution in [0.3, 0.4) is 0 Å². The minimum absolute atomic E-state index is 0.00949. The van der Waals surface area contributed by atoms with Gasteiger partial charge in [0.2, 0.25) is 5.91 Å². The predicted molar refractivity (Wildman–Crippen MR) is 98.2 cm³/mol. The first-order valence-electron chi connectivity index (χ1n) is 7.98. The highest BCUT2D eigenvalue weighted by molar-refractivity contribution is 5.94. The Labute approximate surface area is 139 Å². The van der Waals surface area contributed by atoms with Crippen LogP contribution in [0.15, 0.2) is 42.5 Å². The number of anilines is 2. The van der Waals surface area contributed by atoms with Gasteiger partial charge in [0, 0.05) is 11.4 Å². The lowest BCUT2D eigenvalue weighted by atomic mass is 9.86. The first-order valence-corrected chi connectivity index (χ1v) is 7.98. The molecule has 0 aromatic heterocycles. The fourth-order valence-corrected chi connectivity index (χ4v) is 2.54. The number of para-hydroxylation sites is 1. The number of rotatable bonds is 4. The van der Waals surface area contributed by atoms with Crippen LogP contribution in [0.4, 0.5) is 11.4 Å². The van der Waals surface area contributed by atoms with Gasteiger partial charge in [0.25, 0.3) is 0 Å². The Morgan fingerprint density at radius 2 is 1.70 bits per heavy atom. The third-order valence-corrected chi connectivity index (χ3v) is 3.84. The van der Waals surface area contributed by atoms with E-state index in [1.165, 1.54) is 5.56 Å². The van der Waals surface area contributed by atoms with Crippen LogP contribution in [-0.4, -0.2) is 12.5 Å². The number of carbonyl (C=O) groups is 1. The van der Waals surface area contributed by atoms with E-state index in [0.717, 1.165) is 22.5 Å². The van der Waals surface area contributed by atoms with E-state index in [-0.39, 0.29) is 17.9 Å². The number of nitrogens with one attached hydrogen (secondary N) is 2. The van der Waals surface area contributed by atoms with Crippen molar-refractivity contribution >= 4 is 17.3 Å². The van der Waals surface area contributed by atoms with E-state index in [2.05, 4.69) is 55.7 Å². The van der Waals surface area contributed by atoms with Crippen molar-refractivity contribution in [3.63, 3.8) is 0 Å². The van der Waals surface area contributed by atoms with Crippen LogP contribution in [0.1, 0.15) is 37.5 Å². The zero-order chi connectivity index (χ0) is 17.0. The molecule has 0 bridgehead atoms. The summed E-state index contributed by atoms with van der Waals surface area (Å²) < 4.78 is 0. The molecule has 1 amide bonds. The van der Waals surface area contributed by atoms with E-state index in [0.29, 0.717) is 0 Å². The smallest absolute Gasteiger partial charge is 0.243 e. The van der Waals surface area contributed by atoms with Gasteiger partial charge in [-0.15, -0.1) is 0 Å². The van der Waals surface area contributed by atoms with Gasteiger partial charge >= 0.3 is 0 Å². The zero-order valence-corrected chi connectivity index (χ0v) is 14.7.